The molecule has 2 fully saturated rings. The van der Waals surface area contributed by atoms with Crippen LogP contribution >= 0.6 is 0 Å². The third kappa shape index (κ3) is 5.36. The average molecular weight is 435 g/mol. The van der Waals surface area contributed by atoms with Crippen molar-refractivity contribution in [1.29, 1.82) is 0 Å². The fourth-order valence-corrected chi connectivity index (χ4v) is 4.57. The maximum absolute atomic E-state index is 13.2. The van der Waals surface area contributed by atoms with Gasteiger partial charge in [0.15, 0.2) is 0 Å². The topological polar surface area (TPSA) is 66.9 Å². The predicted molar refractivity (Wildman–Crippen MR) is 121 cm³/mol. The standard InChI is InChI=1S/C26H30N2O4/c29-24(15-9-12-20-10-3-1-4-11-20)28-19-22(32-26(31)21-13-5-2-6-14-21)18-23(28)25(30)27-16-7-8-17-27/h1-6,10-11,13-14,22-23H,7-9,12,15-19H2/t22?,23-/m1/s1. The van der Waals surface area contributed by atoms with E-state index in [0.29, 0.717) is 18.4 Å². The van der Waals surface area contributed by atoms with E-state index in [9.17, 15) is 14.4 Å². The van der Waals surface area contributed by atoms with Gasteiger partial charge < -0.3 is 14.5 Å². The molecule has 6 nitrogen and oxygen atoms in total. The van der Waals surface area contributed by atoms with Crippen LogP contribution in [0.4, 0.5) is 0 Å². The summed E-state index contributed by atoms with van der Waals surface area (Å²) in [6.07, 6.45) is 3.79. The van der Waals surface area contributed by atoms with E-state index in [1.807, 2.05) is 29.2 Å². The summed E-state index contributed by atoms with van der Waals surface area (Å²) in [4.78, 5) is 42.2. The highest BCUT2D eigenvalue weighted by atomic mass is 16.5. The average Bonchev–Trinajstić information content (AvgIpc) is 3.50. The van der Waals surface area contributed by atoms with Gasteiger partial charge in [0.05, 0.1) is 12.1 Å². The van der Waals surface area contributed by atoms with E-state index in [2.05, 4.69) is 12.1 Å². The molecule has 0 radical (unpaired) electrons. The van der Waals surface area contributed by atoms with Crippen molar-refractivity contribution >= 4 is 17.8 Å². The molecule has 2 aromatic rings. The number of benzene rings is 2. The van der Waals surface area contributed by atoms with Crippen molar-refractivity contribution in [3.63, 3.8) is 0 Å². The van der Waals surface area contributed by atoms with E-state index in [-0.39, 0.29) is 18.4 Å². The minimum absolute atomic E-state index is 0.0165. The third-order valence-corrected chi connectivity index (χ3v) is 6.27. The van der Waals surface area contributed by atoms with Gasteiger partial charge in [-0.15, -0.1) is 0 Å². The number of esters is 1. The summed E-state index contributed by atoms with van der Waals surface area (Å²) in [6.45, 7) is 1.74. The zero-order valence-electron chi connectivity index (χ0n) is 18.3. The Labute approximate surface area is 189 Å². The maximum Gasteiger partial charge on any atom is 0.338 e. The highest BCUT2D eigenvalue weighted by molar-refractivity contribution is 5.90. The van der Waals surface area contributed by atoms with Crippen molar-refractivity contribution in [3.05, 3.63) is 71.8 Å². The SMILES string of the molecule is O=C(OC1C[C@H](C(=O)N2CCCC2)N(C(=O)CCCc2ccccc2)C1)c1ccccc1. The van der Waals surface area contributed by atoms with E-state index >= 15 is 0 Å². The van der Waals surface area contributed by atoms with Gasteiger partial charge in [-0.3, -0.25) is 9.59 Å². The van der Waals surface area contributed by atoms with E-state index in [4.69, 9.17) is 4.74 Å². The number of ether oxygens (including phenoxy) is 1. The van der Waals surface area contributed by atoms with Gasteiger partial charge in [0, 0.05) is 25.9 Å². The van der Waals surface area contributed by atoms with Gasteiger partial charge in [-0.2, -0.15) is 0 Å². The second kappa shape index (κ2) is 10.4. The molecule has 0 bridgehead atoms. The molecule has 32 heavy (non-hydrogen) atoms. The summed E-state index contributed by atoms with van der Waals surface area (Å²) < 4.78 is 5.69. The van der Waals surface area contributed by atoms with Gasteiger partial charge in [0.1, 0.15) is 12.1 Å². The Morgan fingerprint density at radius 2 is 1.56 bits per heavy atom. The van der Waals surface area contributed by atoms with Crippen LogP contribution in [0.1, 0.15) is 48.0 Å². The highest BCUT2D eigenvalue weighted by Crippen LogP contribution is 2.26. The number of aryl methyl sites for hydroxylation is 1. The first-order chi connectivity index (χ1) is 15.6. The number of carbonyl (C=O) groups excluding carboxylic acids is 3. The molecule has 0 aliphatic carbocycles. The third-order valence-electron chi connectivity index (χ3n) is 6.27. The molecular formula is C26H30N2O4. The van der Waals surface area contributed by atoms with Crippen molar-refractivity contribution in [2.24, 2.45) is 0 Å². The first-order valence-electron chi connectivity index (χ1n) is 11.5. The van der Waals surface area contributed by atoms with Gasteiger partial charge in [-0.25, -0.2) is 4.79 Å². The first-order valence-corrected chi connectivity index (χ1v) is 11.5. The summed E-state index contributed by atoms with van der Waals surface area (Å²) in [5.74, 6) is -0.477. The monoisotopic (exact) mass is 434 g/mol. The molecule has 6 heteroatoms. The lowest BCUT2D eigenvalue weighted by Crippen LogP contribution is -2.46. The molecule has 1 unspecified atom stereocenters. The Bertz CT molecular complexity index is 925. The molecular weight excluding hydrogens is 404 g/mol. The van der Waals surface area contributed by atoms with E-state index in [0.717, 1.165) is 38.8 Å². The van der Waals surface area contributed by atoms with Crippen LogP contribution in [0.25, 0.3) is 0 Å². The minimum Gasteiger partial charge on any atom is -0.457 e. The Morgan fingerprint density at radius 3 is 2.25 bits per heavy atom. The van der Waals surface area contributed by atoms with Crippen molar-refractivity contribution in [2.45, 2.75) is 50.7 Å². The molecule has 0 N–H and O–H groups in total. The number of likely N-dealkylation sites (tertiary alicyclic amines) is 2. The minimum atomic E-state index is -0.550. The Morgan fingerprint density at radius 1 is 0.906 bits per heavy atom. The van der Waals surface area contributed by atoms with Gasteiger partial charge in [0.2, 0.25) is 11.8 Å². The smallest absolute Gasteiger partial charge is 0.338 e. The molecule has 4 rings (SSSR count). The first kappa shape index (κ1) is 22.1. The predicted octanol–water partition coefficient (Wildman–Crippen LogP) is 3.46. The molecule has 2 amide bonds. The summed E-state index contributed by atoms with van der Waals surface area (Å²) in [5, 5.41) is 0. The molecule has 168 valence electrons. The molecule has 0 spiro atoms. The number of rotatable bonds is 7. The van der Waals surface area contributed by atoms with Crippen LogP contribution in [0.15, 0.2) is 60.7 Å². The molecule has 0 aromatic heterocycles. The summed E-state index contributed by atoms with van der Waals surface area (Å²) >= 11 is 0. The lowest BCUT2D eigenvalue weighted by molar-refractivity contribution is -0.143. The van der Waals surface area contributed by atoms with E-state index in [1.54, 1.807) is 29.2 Å². The summed E-state index contributed by atoms with van der Waals surface area (Å²) in [5.41, 5.74) is 1.67. The summed E-state index contributed by atoms with van der Waals surface area (Å²) in [7, 11) is 0. The highest BCUT2D eigenvalue weighted by Gasteiger charge is 2.43. The number of carbonyl (C=O) groups is 3. The van der Waals surface area contributed by atoms with Crippen LogP contribution in [0.2, 0.25) is 0 Å². The number of amides is 2. The zero-order valence-corrected chi connectivity index (χ0v) is 18.3. The van der Waals surface area contributed by atoms with Crippen LogP contribution in [0.5, 0.6) is 0 Å². The lowest BCUT2D eigenvalue weighted by atomic mass is 10.1. The van der Waals surface area contributed by atoms with Gasteiger partial charge >= 0.3 is 5.97 Å². The van der Waals surface area contributed by atoms with Crippen molar-refractivity contribution in [1.82, 2.24) is 9.80 Å². The van der Waals surface area contributed by atoms with Crippen molar-refractivity contribution < 1.29 is 19.1 Å². The molecule has 2 atom stereocenters. The molecule has 2 aromatic carbocycles. The Balaban J connectivity index is 1.40. The van der Waals surface area contributed by atoms with Crippen LogP contribution in [-0.4, -0.2) is 59.4 Å². The fourth-order valence-electron chi connectivity index (χ4n) is 4.57. The molecule has 2 heterocycles. The van der Waals surface area contributed by atoms with Crippen LogP contribution in [0, 0.1) is 0 Å². The fraction of sp³-hybridized carbons (Fsp3) is 0.423. The zero-order chi connectivity index (χ0) is 22.3. The lowest BCUT2D eigenvalue weighted by Gasteiger charge is -2.27. The van der Waals surface area contributed by atoms with Gasteiger partial charge in [0.25, 0.3) is 0 Å². The molecule has 2 aliphatic heterocycles. The Hall–Kier alpha value is -3.15. The van der Waals surface area contributed by atoms with Crippen LogP contribution < -0.4 is 0 Å². The molecule has 2 saturated heterocycles. The van der Waals surface area contributed by atoms with Crippen LogP contribution in [0.3, 0.4) is 0 Å². The number of hydrogen-bond donors (Lipinski definition) is 0. The number of nitrogens with zero attached hydrogens (tertiary/aromatic N) is 2. The normalized spacial score (nSPS) is 20.4. The Kier molecular flexibility index (Phi) is 7.20. The number of hydrogen-bond acceptors (Lipinski definition) is 4. The second-order valence-corrected chi connectivity index (χ2v) is 8.56. The quantitative estimate of drug-likeness (QED) is 0.626. The van der Waals surface area contributed by atoms with Crippen molar-refractivity contribution in [2.75, 3.05) is 19.6 Å². The second-order valence-electron chi connectivity index (χ2n) is 8.56. The van der Waals surface area contributed by atoms with Crippen molar-refractivity contribution in [3.8, 4) is 0 Å². The largest absolute Gasteiger partial charge is 0.457 e. The maximum atomic E-state index is 13.2. The van der Waals surface area contributed by atoms with Crippen LogP contribution in [-0.2, 0) is 20.7 Å². The van der Waals surface area contributed by atoms with E-state index in [1.165, 1.54) is 5.56 Å². The summed E-state index contributed by atoms with van der Waals surface area (Å²) in [6, 6.07) is 18.3. The van der Waals surface area contributed by atoms with E-state index < -0.39 is 18.1 Å². The molecule has 2 aliphatic rings. The van der Waals surface area contributed by atoms with Gasteiger partial charge in [-0.05, 0) is 43.4 Å². The molecule has 0 saturated carbocycles. The van der Waals surface area contributed by atoms with Gasteiger partial charge in [-0.1, -0.05) is 48.5 Å².